The number of pyridine rings is 1. The molecular formula is C20H23NO4. The minimum atomic E-state index is -0.451. The van der Waals surface area contributed by atoms with Crippen molar-refractivity contribution in [3.63, 3.8) is 0 Å². The van der Waals surface area contributed by atoms with Gasteiger partial charge in [0.1, 0.15) is 11.4 Å². The Morgan fingerprint density at radius 1 is 1.08 bits per heavy atom. The maximum atomic E-state index is 12.4. The summed E-state index contributed by atoms with van der Waals surface area (Å²) < 4.78 is 10.5. The first-order chi connectivity index (χ1) is 12.1. The summed E-state index contributed by atoms with van der Waals surface area (Å²) in [6.07, 6.45) is 3.77. The molecule has 0 atom stereocenters. The number of rotatable bonds is 9. The van der Waals surface area contributed by atoms with Gasteiger partial charge in [0, 0.05) is 12.6 Å². The van der Waals surface area contributed by atoms with E-state index in [0.29, 0.717) is 12.2 Å². The van der Waals surface area contributed by atoms with Crippen molar-refractivity contribution < 1.29 is 19.1 Å². The minimum Gasteiger partial charge on any atom is -0.494 e. The second-order valence-electron chi connectivity index (χ2n) is 5.60. The smallest absolute Gasteiger partial charge is 0.338 e. The van der Waals surface area contributed by atoms with E-state index in [-0.39, 0.29) is 24.5 Å². The van der Waals surface area contributed by atoms with Crippen molar-refractivity contribution >= 4 is 11.8 Å². The second-order valence-corrected chi connectivity index (χ2v) is 5.60. The Morgan fingerprint density at radius 2 is 1.84 bits per heavy atom. The molecule has 5 heteroatoms. The zero-order valence-electron chi connectivity index (χ0n) is 14.7. The van der Waals surface area contributed by atoms with Gasteiger partial charge in [0.2, 0.25) is 0 Å². The highest BCUT2D eigenvalue weighted by Crippen LogP contribution is 2.15. The van der Waals surface area contributed by atoms with Crippen LogP contribution in [0, 0.1) is 0 Å². The summed E-state index contributed by atoms with van der Waals surface area (Å²) in [7, 11) is 0. The van der Waals surface area contributed by atoms with Crippen LogP contribution in [-0.2, 0) is 11.2 Å². The number of hydrogen-bond donors (Lipinski definition) is 0. The number of ether oxygens (including phenoxy) is 2. The van der Waals surface area contributed by atoms with Crippen molar-refractivity contribution in [1.29, 1.82) is 0 Å². The van der Waals surface area contributed by atoms with Gasteiger partial charge in [-0.25, -0.2) is 4.79 Å². The van der Waals surface area contributed by atoms with Crippen molar-refractivity contribution in [2.24, 2.45) is 0 Å². The van der Waals surface area contributed by atoms with Gasteiger partial charge in [-0.2, -0.15) is 0 Å². The lowest BCUT2D eigenvalue weighted by Gasteiger charge is -2.07. The average molecular weight is 341 g/mol. The third-order valence-electron chi connectivity index (χ3n) is 3.61. The first kappa shape index (κ1) is 18.6. The summed E-state index contributed by atoms with van der Waals surface area (Å²) in [5.74, 6) is 0.199. The highest BCUT2D eigenvalue weighted by Gasteiger charge is 2.13. The summed E-state index contributed by atoms with van der Waals surface area (Å²) in [4.78, 5) is 28.2. The van der Waals surface area contributed by atoms with Gasteiger partial charge < -0.3 is 9.47 Å². The molecule has 0 spiro atoms. The molecule has 132 valence electrons. The van der Waals surface area contributed by atoms with Crippen LogP contribution >= 0.6 is 0 Å². The van der Waals surface area contributed by atoms with Crippen LogP contribution in [0.5, 0.6) is 5.75 Å². The van der Waals surface area contributed by atoms with Crippen LogP contribution in [0.2, 0.25) is 0 Å². The van der Waals surface area contributed by atoms with E-state index in [2.05, 4.69) is 11.9 Å². The SMILES string of the molecule is CCCCOc1ccc(CC(=O)c2cc(C(=O)OCC)ccn2)cc1. The fourth-order valence-corrected chi connectivity index (χ4v) is 2.24. The number of carbonyl (C=O) groups excluding carboxylic acids is 2. The highest BCUT2D eigenvalue weighted by molar-refractivity contribution is 5.98. The molecule has 1 aromatic heterocycles. The molecule has 0 amide bonds. The predicted molar refractivity (Wildman–Crippen MR) is 95.1 cm³/mol. The number of esters is 1. The van der Waals surface area contributed by atoms with Crippen molar-refractivity contribution in [1.82, 2.24) is 4.98 Å². The number of hydrogen-bond acceptors (Lipinski definition) is 5. The van der Waals surface area contributed by atoms with E-state index in [9.17, 15) is 9.59 Å². The van der Waals surface area contributed by atoms with E-state index in [1.165, 1.54) is 18.3 Å². The van der Waals surface area contributed by atoms with Crippen LogP contribution in [-0.4, -0.2) is 30.0 Å². The summed E-state index contributed by atoms with van der Waals surface area (Å²) >= 11 is 0. The maximum absolute atomic E-state index is 12.4. The Bertz CT molecular complexity index is 710. The van der Waals surface area contributed by atoms with E-state index >= 15 is 0 Å². The average Bonchev–Trinajstić information content (AvgIpc) is 2.63. The Hall–Kier alpha value is -2.69. The number of aromatic nitrogens is 1. The van der Waals surface area contributed by atoms with Crippen molar-refractivity contribution in [2.45, 2.75) is 33.1 Å². The first-order valence-electron chi connectivity index (χ1n) is 8.52. The van der Waals surface area contributed by atoms with Gasteiger partial charge in [0.05, 0.1) is 18.8 Å². The van der Waals surface area contributed by atoms with Crippen LogP contribution < -0.4 is 4.74 Å². The van der Waals surface area contributed by atoms with E-state index in [4.69, 9.17) is 9.47 Å². The van der Waals surface area contributed by atoms with Gasteiger partial charge in [-0.15, -0.1) is 0 Å². The number of benzene rings is 1. The molecule has 0 aliphatic rings. The molecule has 5 nitrogen and oxygen atoms in total. The van der Waals surface area contributed by atoms with Crippen LogP contribution in [0.25, 0.3) is 0 Å². The standard InChI is InChI=1S/C20H23NO4/c1-3-5-12-25-17-8-6-15(7-9-17)13-19(22)18-14-16(10-11-21-18)20(23)24-4-2/h6-11,14H,3-5,12-13H2,1-2H3. The number of unbranched alkanes of at least 4 members (excludes halogenated alkanes) is 1. The highest BCUT2D eigenvalue weighted by atomic mass is 16.5. The normalized spacial score (nSPS) is 10.3. The van der Waals surface area contributed by atoms with Crippen LogP contribution in [0.1, 0.15) is 53.1 Å². The molecule has 1 aromatic carbocycles. The van der Waals surface area contributed by atoms with Crippen LogP contribution in [0.15, 0.2) is 42.6 Å². The van der Waals surface area contributed by atoms with Gasteiger partial charge >= 0.3 is 5.97 Å². The van der Waals surface area contributed by atoms with Gasteiger partial charge in [0.25, 0.3) is 0 Å². The third kappa shape index (κ3) is 5.71. The Kier molecular flexibility index (Phi) is 7.14. The molecule has 0 saturated heterocycles. The minimum absolute atomic E-state index is 0.147. The lowest BCUT2D eigenvalue weighted by molar-refractivity contribution is 0.0526. The predicted octanol–water partition coefficient (Wildman–Crippen LogP) is 3.86. The maximum Gasteiger partial charge on any atom is 0.338 e. The van der Waals surface area contributed by atoms with Crippen molar-refractivity contribution in [2.75, 3.05) is 13.2 Å². The van der Waals surface area contributed by atoms with Crippen LogP contribution in [0.4, 0.5) is 0 Å². The molecule has 2 rings (SSSR count). The van der Waals surface area contributed by atoms with Gasteiger partial charge in [-0.3, -0.25) is 9.78 Å². The summed E-state index contributed by atoms with van der Waals surface area (Å²) in [6, 6.07) is 10.5. The fourth-order valence-electron chi connectivity index (χ4n) is 2.24. The number of Topliss-reactive ketones (excluding diaryl/α,β-unsaturated/α-hetero) is 1. The Balaban J connectivity index is 1.99. The number of nitrogens with zero attached hydrogens (tertiary/aromatic N) is 1. The second kappa shape index (κ2) is 9.57. The number of ketones is 1. The quantitative estimate of drug-likeness (QED) is 0.394. The zero-order chi connectivity index (χ0) is 18.1. The molecule has 0 aliphatic heterocycles. The molecule has 0 bridgehead atoms. The summed E-state index contributed by atoms with van der Waals surface area (Å²) in [6.45, 7) is 4.83. The van der Waals surface area contributed by atoms with Gasteiger partial charge in [-0.05, 0) is 43.2 Å². The Labute approximate surface area is 148 Å². The van der Waals surface area contributed by atoms with Crippen molar-refractivity contribution in [3.05, 3.63) is 59.4 Å². The monoisotopic (exact) mass is 341 g/mol. The van der Waals surface area contributed by atoms with E-state index in [1.54, 1.807) is 6.92 Å². The third-order valence-corrected chi connectivity index (χ3v) is 3.61. The molecule has 0 fully saturated rings. The van der Waals surface area contributed by atoms with Crippen molar-refractivity contribution in [3.8, 4) is 5.75 Å². The lowest BCUT2D eigenvalue weighted by atomic mass is 10.1. The Morgan fingerprint density at radius 3 is 2.52 bits per heavy atom. The van der Waals surface area contributed by atoms with Crippen LogP contribution in [0.3, 0.4) is 0 Å². The van der Waals surface area contributed by atoms with Gasteiger partial charge in [0.15, 0.2) is 5.78 Å². The first-order valence-corrected chi connectivity index (χ1v) is 8.52. The molecule has 0 radical (unpaired) electrons. The summed E-state index contributed by atoms with van der Waals surface area (Å²) in [5, 5.41) is 0. The molecule has 0 aliphatic carbocycles. The van der Waals surface area contributed by atoms with E-state index in [0.717, 1.165) is 24.2 Å². The topological polar surface area (TPSA) is 65.5 Å². The fraction of sp³-hybridized carbons (Fsp3) is 0.350. The van der Waals surface area contributed by atoms with E-state index in [1.807, 2.05) is 24.3 Å². The summed E-state index contributed by atoms with van der Waals surface area (Å²) in [5.41, 5.74) is 1.46. The zero-order valence-corrected chi connectivity index (χ0v) is 14.7. The molecule has 0 unspecified atom stereocenters. The molecule has 1 heterocycles. The molecule has 0 saturated carbocycles. The van der Waals surface area contributed by atoms with Gasteiger partial charge in [-0.1, -0.05) is 25.5 Å². The lowest BCUT2D eigenvalue weighted by Crippen LogP contribution is -2.10. The molecular weight excluding hydrogens is 318 g/mol. The number of carbonyl (C=O) groups is 2. The molecule has 2 aromatic rings. The molecule has 25 heavy (non-hydrogen) atoms. The molecule has 0 N–H and O–H groups in total. The largest absolute Gasteiger partial charge is 0.494 e. The van der Waals surface area contributed by atoms with E-state index < -0.39 is 5.97 Å².